The molecular weight excluding hydrogens is 668 g/mol. The first-order valence-electron chi connectivity index (χ1n) is 10.8. The van der Waals surface area contributed by atoms with Crippen LogP contribution in [0.15, 0.2) is 80.1 Å². The van der Waals surface area contributed by atoms with E-state index in [0.29, 0.717) is 10.6 Å². The third-order valence-electron chi connectivity index (χ3n) is 5.12. The second kappa shape index (κ2) is 11.3. The number of rotatable bonds is 7. The van der Waals surface area contributed by atoms with Crippen molar-refractivity contribution in [3.8, 4) is 11.5 Å². The van der Waals surface area contributed by atoms with Crippen LogP contribution in [-0.2, 0) is 19.7 Å². The Bertz CT molecular complexity index is 1570. The number of nitrogens with one attached hydrogen (secondary N) is 1. The topological polar surface area (TPSA) is 119 Å². The molecule has 196 valence electrons. The van der Waals surface area contributed by atoms with Gasteiger partial charge in [-0.2, -0.15) is 8.42 Å². The number of barbiturate groups is 1. The molecule has 3 aromatic rings. The summed E-state index contributed by atoms with van der Waals surface area (Å²) in [4.78, 5) is 38.9. The highest BCUT2D eigenvalue weighted by atomic mass is 79.9. The van der Waals surface area contributed by atoms with Gasteiger partial charge in [-0.1, -0.05) is 27.5 Å². The second-order valence-corrected chi connectivity index (χ2v) is 11.4. The van der Waals surface area contributed by atoms with E-state index in [1.807, 2.05) is 0 Å². The van der Waals surface area contributed by atoms with E-state index in [2.05, 4.69) is 37.2 Å². The molecule has 38 heavy (non-hydrogen) atoms. The molecule has 4 amide bonds. The van der Waals surface area contributed by atoms with E-state index in [-0.39, 0.29) is 38.7 Å². The number of hydrogen-bond donors (Lipinski definition) is 1. The summed E-state index contributed by atoms with van der Waals surface area (Å²) in [5.74, 6) is -1.81. The average Bonchev–Trinajstić information content (AvgIpc) is 2.85. The maximum Gasteiger partial charge on any atom is 0.339 e. The molecule has 1 saturated heterocycles. The summed E-state index contributed by atoms with van der Waals surface area (Å²) in [6.45, 7) is 1.85. The van der Waals surface area contributed by atoms with Crippen LogP contribution in [0.25, 0.3) is 6.08 Å². The molecule has 13 heteroatoms. The molecule has 1 fully saturated rings. The van der Waals surface area contributed by atoms with E-state index in [4.69, 9.17) is 20.5 Å². The van der Waals surface area contributed by atoms with Crippen LogP contribution in [-0.4, -0.2) is 32.9 Å². The predicted molar refractivity (Wildman–Crippen MR) is 148 cm³/mol. The number of carbonyl (C=O) groups excluding carboxylic acids is 3. The summed E-state index contributed by atoms with van der Waals surface area (Å²) >= 11 is 12.4. The number of urea groups is 1. The first kappa shape index (κ1) is 27.8. The van der Waals surface area contributed by atoms with Gasteiger partial charge < -0.3 is 8.92 Å². The van der Waals surface area contributed by atoms with Gasteiger partial charge in [-0.25, -0.2) is 9.69 Å². The van der Waals surface area contributed by atoms with Crippen molar-refractivity contribution in [2.24, 2.45) is 0 Å². The van der Waals surface area contributed by atoms with E-state index in [1.165, 1.54) is 42.5 Å². The SMILES string of the molecule is CCOc1cc(/C=C2\C(=O)NC(=O)N(c3ccc(Br)cc3)C2=O)cc(Br)c1OS(=O)(=O)c1ccc(Cl)cc1. The highest BCUT2D eigenvalue weighted by Crippen LogP contribution is 2.39. The fourth-order valence-corrected chi connectivity index (χ4v) is 5.42. The van der Waals surface area contributed by atoms with Crippen molar-refractivity contribution in [1.82, 2.24) is 5.32 Å². The van der Waals surface area contributed by atoms with Crippen molar-refractivity contribution >= 4 is 83.2 Å². The van der Waals surface area contributed by atoms with Crippen molar-refractivity contribution in [3.05, 3.63) is 85.8 Å². The number of halogens is 3. The molecule has 0 aromatic heterocycles. The molecule has 1 aliphatic rings. The first-order valence-corrected chi connectivity index (χ1v) is 14.2. The number of ether oxygens (including phenoxy) is 1. The molecule has 9 nitrogen and oxygen atoms in total. The van der Waals surface area contributed by atoms with E-state index >= 15 is 0 Å². The smallest absolute Gasteiger partial charge is 0.339 e. The maximum atomic E-state index is 13.2. The summed E-state index contributed by atoms with van der Waals surface area (Å²) in [5.41, 5.74) is 0.255. The summed E-state index contributed by atoms with van der Waals surface area (Å²) in [7, 11) is -4.25. The molecule has 0 spiro atoms. The average molecular weight is 685 g/mol. The number of anilines is 1. The van der Waals surface area contributed by atoms with Crippen LogP contribution in [0.5, 0.6) is 11.5 Å². The minimum absolute atomic E-state index is 0.0378. The lowest BCUT2D eigenvalue weighted by Gasteiger charge is -2.26. The monoisotopic (exact) mass is 682 g/mol. The Kier molecular flexibility index (Phi) is 8.26. The van der Waals surface area contributed by atoms with Crippen molar-refractivity contribution in [1.29, 1.82) is 0 Å². The van der Waals surface area contributed by atoms with Gasteiger partial charge in [-0.15, -0.1) is 0 Å². The Morgan fingerprint density at radius 3 is 2.29 bits per heavy atom. The molecule has 0 atom stereocenters. The summed E-state index contributed by atoms with van der Waals surface area (Å²) < 4.78 is 37.6. The molecule has 0 unspecified atom stereocenters. The zero-order valence-corrected chi connectivity index (χ0v) is 24.1. The predicted octanol–water partition coefficient (Wildman–Crippen LogP) is 5.70. The minimum Gasteiger partial charge on any atom is -0.490 e. The largest absolute Gasteiger partial charge is 0.490 e. The van der Waals surface area contributed by atoms with E-state index in [9.17, 15) is 22.8 Å². The third-order valence-corrected chi connectivity index (χ3v) is 7.73. The van der Waals surface area contributed by atoms with Gasteiger partial charge in [-0.3, -0.25) is 14.9 Å². The Labute approximate surface area is 239 Å². The Hall–Kier alpha value is -3.19. The highest BCUT2D eigenvalue weighted by Gasteiger charge is 2.37. The van der Waals surface area contributed by atoms with Gasteiger partial charge in [0, 0.05) is 9.50 Å². The van der Waals surface area contributed by atoms with Crippen LogP contribution in [0.3, 0.4) is 0 Å². The lowest BCUT2D eigenvalue weighted by molar-refractivity contribution is -0.122. The summed E-state index contributed by atoms with van der Waals surface area (Å²) in [6, 6.07) is 13.8. The lowest BCUT2D eigenvalue weighted by atomic mass is 10.1. The minimum atomic E-state index is -4.25. The van der Waals surface area contributed by atoms with Gasteiger partial charge in [0.25, 0.3) is 11.8 Å². The Morgan fingerprint density at radius 2 is 1.66 bits per heavy atom. The number of amides is 4. The highest BCUT2D eigenvalue weighted by molar-refractivity contribution is 9.10. The molecule has 1 aliphatic heterocycles. The van der Waals surface area contributed by atoms with E-state index in [0.717, 1.165) is 9.37 Å². The summed E-state index contributed by atoms with van der Waals surface area (Å²) in [5, 5.41) is 2.51. The molecule has 4 rings (SSSR count). The second-order valence-electron chi connectivity index (χ2n) is 7.69. The van der Waals surface area contributed by atoms with Gasteiger partial charge >= 0.3 is 16.1 Å². The quantitative estimate of drug-likeness (QED) is 0.193. The van der Waals surface area contributed by atoms with Gasteiger partial charge in [0.05, 0.1) is 16.8 Å². The fourth-order valence-electron chi connectivity index (χ4n) is 3.42. The molecule has 0 aliphatic carbocycles. The first-order chi connectivity index (χ1) is 18.0. The van der Waals surface area contributed by atoms with Crippen molar-refractivity contribution in [2.45, 2.75) is 11.8 Å². The Balaban J connectivity index is 1.72. The van der Waals surface area contributed by atoms with Gasteiger partial charge in [0.2, 0.25) is 0 Å². The third kappa shape index (κ3) is 5.93. The zero-order valence-electron chi connectivity index (χ0n) is 19.4. The molecule has 1 N–H and O–H groups in total. The normalized spacial score (nSPS) is 15.0. The van der Waals surface area contributed by atoms with E-state index in [1.54, 1.807) is 31.2 Å². The molecule has 3 aromatic carbocycles. The summed E-state index contributed by atoms with van der Waals surface area (Å²) in [6.07, 6.45) is 1.26. The number of imide groups is 2. The van der Waals surface area contributed by atoms with Gasteiger partial charge in [-0.05, 0) is 95.2 Å². The van der Waals surface area contributed by atoms with Crippen molar-refractivity contribution in [2.75, 3.05) is 11.5 Å². The van der Waals surface area contributed by atoms with Crippen molar-refractivity contribution < 1.29 is 31.7 Å². The molecule has 0 bridgehead atoms. The van der Waals surface area contributed by atoms with Gasteiger partial charge in [0.1, 0.15) is 10.5 Å². The molecule has 0 saturated carbocycles. The standard InChI is InChI=1S/C25H17Br2ClN2O7S/c1-2-36-21-13-14(12-20(27)22(21)37-38(34,35)18-9-5-16(28)6-10-18)11-19-23(31)29-25(33)30(24(19)32)17-7-3-15(26)4-8-17/h3-13H,2H2,1H3,(H,29,31,33)/b19-11+. The molecule has 0 radical (unpaired) electrons. The number of carbonyl (C=O) groups is 3. The van der Waals surface area contributed by atoms with Gasteiger partial charge in [0.15, 0.2) is 11.5 Å². The fraction of sp³-hybridized carbons (Fsp3) is 0.0800. The van der Waals surface area contributed by atoms with Crippen LogP contribution in [0.2, 0.25) is 5.02 Å². The number of hydrogen-bond acceptors (Lipinski definition) is 7. The van der Waals surface area contributed by atoms with Crippen LogP contribution in [0, 0.1) is 0 Å². The van der Waals surface area contributed by atoms with Crippen LogP contribution in [0.1, 0.15) is 12.5 Å². The Morgan fingerprint density at radius 1 is 1.00 bits per heavy atom. The lowest BCUT2D eigenvalue weighted by Crippen LogP contribution is -2.54. The molecule has 1 heterocycles. The number of nitrogens with zero attached hydrogens (tertiary/aromatic N) is 1. The van der Waals surface area contributed by atoms with E-state index < -0.39 is 28.0 Å². The van der Waals surface area contributed by atoms with Crippen molar-refractivity contribution in [3.63, 3.8) is 0 Å². The maximum absolute atomic E-state index is 13.2. The molecular formula is C25H17Br2ClN2O7S. The number of benzene rings is 3. The van der Waals surface area contributed by atoms with Crippen LogP contribution < -0.4 is 19.1 Å². The van der Waals surface area contributed by atoms with Crippen LogP contribution >= 0.6 is 43.5 Å². The van der Waals surface area contributed by atoms with Crippen LogP contribution in [0.4, 0.5) is 10.5 Å². The zero-order chi connectivity index (χ0) is 27.6.